The number of carbonyl (C=O) groups is 12. The Morgan fingerprint density at radius 1 is 0.750 bits per heavy atom. The van der Waals surface area contributed by atoms with E-state index in [0.29, 0.717) is 38.6 Å². The molecule has 22 nitrogen and oxygen atoms in total. The predicted octanol–water partition coefficient (Wildman–Crippen LogP) is -1.11. The number of primary amides is 1. The highest BCUT2D eigenvalue weighted by molar-refractivity contribution is 5.98. The lowest BCUT2D eigenvalue weighted by molar-refractivity contribution is -0.145. The maximum absolute atomic E-state index is 13.5. The van der Waals surface area contributed by atoms with Crippen LogP contribution < -0.4 is 38.1 Å². The second kappa shape index (κ2) is 30.1. The maximum Gasteiger partial charge on any atom is 0.306 e. The molecule has 0 aliphatic carbocycles. The van der Waals surface area contributed by atoms with Crippen LogP contribution in [0.4, 0.5) is 0 Å². The topological polar surface area (TPSA) is 361 Å². The Labute approximate surface area is 397 Å². The summed E-state index contributed by atoms with van der Waals surface area (Å²) in [5.41, 5.74) is 10.8. The van der Waals surface area contributed by atoms with Crippen LogP contribution in [-0.2, 0) is 57.5 Å². The number of β-amino-alcohol motifs (C(OH)–C–C–N with tert-alkyl or cyclic N) is 1. The van der Waals surface area contributed by atoms with Crippen LogP contribution >= 0.6 is 0 Å². The zero-order valence-electron chi connectivity index (χ0n) is 39.9. The van der Waals surface area contributed by atoms with Gasteiger partial charge in [0, 0.05) is 83.8 Å². The van der Waals surface area contributed by atoms with Crippen molar-refractivity contribution in [3.63, 3.8) is 0 Å². The largest absolute Gasteiger partial charge is 0.481 e. The summed E-state index contributed by atoms with van der Waals surface area (Å²) in [5.74, 6) is -10.7. The molecule has 382 valence electrons. The molecule has 0 aromatic heterocycles. The molecule has 68 heavy (non-hydrogen) atoms. The zero-order chi connectivity index (χ0) is 51.1. The van der Waals surface area contributed by atoms with E-state index < -0.39 is 126 Å². The van der Waals surface area contributed by atoms with E-state index in [1.54, 1.807) is 0 Å². The van der Waals surface area contributed by atoms with Gasteiger partial charge in [-0.3, -0.25) is 57.5 Å². The van der Waals surface area contributed by atoms with E-state index in [0.717, 1.165) is 0 Å². The number of carbonyl (C=O) groups excluding carboxylic acids is 11. The first-order valence-corrected chi connectivity index (χ1v) is 23.7. The summed E-state index contributed by atoms with van der Waals surface area (Å²) < 4.78 is 0. The second-order valence-corrected chi connectivity index (χ2v) is 18.4. The standard InChI is InChI=1S/C46H74N8O14/c1-26(2)18-29(45(66)52-27(3)36(57)12-15-43(64)54-17-7-9-35(54)39(60)20-28(46(67)68)8-5-6-16-47)19-31(55)25-51-44(65)30(22-42(63)49-4)21-38(59)33(10-13-40(48)61)53-41(62)14-11-37(58)34-23-32(56)24-50-34/h26-30,32-35,50,56H,5-25,47H2,1-4H3,(H2,48,61)(H,49,63)(H,51,65)(H,52,66)(H,53,62)(H,67,68)/t27-,28+,29+,30-,32+,33-,34-,35-/m0/s1. The minimum Gasteiger partial charge on any atom is -0.481 e. The van der Waals surface area contributed by atoms with Crippen LogP contribution in [0, 0.1) is 23.7 Å². The first-order valence-electron chi connectivity index (χ1n) is 23.7. The lowest BCUT2D eigenvalue weighted by atomic mass is 9.90. The number of Topliss-reactive ketones (excluding diaryl/α,β-unsaturated/α-hetero) is 5. The number of nitrogens with one attached hydrogen (secondary N) is 5. The minimum atomic E-state index is -1.32. The number of rotatable bonds is 34. The lowest BCUT2D eigenvalue weighted by Gasteiger charge is -2.25. The molecule has 8 atom stereocenters. The van der Waals surface area contributed by atoms with E-state index in [2.05, 4.69) is 26.6 Å². The van der Waals surface area contributed by atoms with Crippen LogP contribution in [0.5, 0.6) is 0 Å². The van der Waals surface area contributed by atoms with Crippen molar-refractivity contribution in [1.29, 1.82) is 0 Å². The maximum atomic E-state index is 13.5. The number of unbranched alkanes of at least 4 members (excludes halogenated alkanes) is 1. The normalized spacial score (nSPS) is 18.9. The van der Waals surface area contributed by atoms with Gasteiger partial charge in [-0.05, 0) is 64.3 Å². The van der Waals surface area contributed by atoms with Crippen LogP contribution in [0.2, 0.25) is 0 Å². The van der Waals surface area contributed by atoms with Gasteiger partial charge in [0.1, 0.15) is 5.78 Å². The van der Waals surface area contributed by atoms with Gasteiger partial charge in [-0.1, -0.05) is 20.3 Å². The van der Waals surface area contributed by atoms with E-state index in [9.17, 15) is 67.7 Å². The molecule has 0 spiro atoms. The first-order chi connectivity index (χ1) is 32.1. The van der Waals surface area contributed by atoms with E-state index in [1.165, 1.54) is 18.9 Å². The Morgan fingerprint density at radius 3 is 2.06 bits per heavy atom. The number of aliphatic carboxylic acids is 1. The fourth-order valence-corrected chi connectivity index (χ4v) is 8.37. The van der Waals surface area contributed by atoms with Crippen LogP contribution in [0.1, 0.15) is 130 Å². The van der Waals surface area contributed by atoms with Gasteiger partial charge in [-0.2, -0.15) is 0 Å². The third-order valence-corrected chi connectivity index (χ3v) is 12.3. The monoisotopic (exact) mass is 963 g/mol. The summed E-state index contributed by atoms with van der Waals surface area (Å²) >= 11 is 0. The molecule has 22 heteroatoms. The van der Waals surface area contributed by atoms with Gasteiger partial charge in [-0.25, -0.2) is 0 Å². The SMILES string of the molecule is CNC(=O)C[C@H](CC(=O)[C@H](CCC(N)=O)NC(=O)CCC(=O)[C@@H]1C[C@@H](O)CN1)C(=O)NCC(=O)C[C@@H](CC(C)C)C(=O)N[C@@H](C)C(=O)CCC(=O)N1CCC[C@H]1C(=O)C[C@@H](CCCCN)C(=O)O. The number of nitrogens with zero attached hydrogens (tertiary/aromatic N) is 1. The summed E-state index contributed by atoms with van der Waals surface area (Å²) in [6.45, 7) is 5.45. The molecule has 11 N–H and O–H groups in total. The number of amides is 6. The number of hydrogen-bond acceptors (Lipinski definition) is 15. The summed E-state index contributed by atoms with van der Waals surface area (Å²) in [6.07, 6.45) is -1.000. The molecular weight excluding hydrogens is 889 g/mol. The summed E-state index contributed by atoms with van der Waals surface area (Å²) in [4.78, 5) is 156. The third-order valence-electron chi connectivity index (χ3n) is 12.3. The fourth-order valence-electron chi connectivity index (χ4n) is 8.37. The highest BCUT2D eigenvalue weighted by Crippen LogP contribution is 2.25. The number of hydrogen-bond donors (Lipinski definition) is 9. The first kappa shape index (κ1) is 58.6. The summed E-state index contributed by atoms with van der Waals surface area (Å²) in [5, 5.41) is 32.1. The van der Waals surface area contributed by atoms with Crippen molar-refractivity contribution in [3.8, 4) is 0 Å². The van der Waals surface area contributed by atoms with Gasteiger partial charge in [-0.15, -0.1) is 0 Å². The Hall–Kier alpha value is -5.48. The van der Waals surface area contributed by atoms with Gasteiger partial charge in [0.15, 0.2) is 23.1 Å². The molecule has 2 rings (SSSR count). The number of likely N-dealkylation sites (tertiary alicyclic amines) is 1. The van der Waals surface area contributed by atoms with Crippen molar-refractivity contribution in [2.24, 2.45) is 35.1 Å². The van der Waals surface area contributed by atoms with E-state index >= 15 is 0 Å². The number of aliphatic hydroxyl groups is 1. The van der Waals surface area contributed by atoms with Gasteiger partial charge >= 0.3 is 5.97 Å². The number of carboxylic acids is 1. The van der Waals surface area contributed by atoms with Gasteiger partial charge in [0.05, 0.1) is 48.7 Å². The molecule has 0 bridgehead atoms. The molecule has 0 aromatic carbocycles. The molecule has 0 saturated carbocycles. The number of ketones is 5. The van der Waals surface area contributed by atoms with Crippen LogP contribution in [0.25, 0.3) is 0 Å². The summed E-state index contributed by atoms with van der Waals surface area (Å²) in [6, 6.07) is -3.75. The number of aliphatic hydroxyl groups excluding tert-OH is 1. The number of carboxylic acid groups (broad SMARTS) is 1. The molecule has 2 fully saturated rings. The summed E-state index contributed by atoms with van der Waals surface area (Å²) in [7, 11) is 1.32. The molecule has 2 heterocycles. The smallest absolute Gasteiger partial charge is 0.306 e. The van der Waals surface area contributed by atoms with E-state index in [1.807, 2.05) is 13.8 Å². The highest BCUT2D eigenvalue weighted by Gasteiger charge is 2.37. The van der Waals surface area contributed by atoms with Crippen molar-refractivity contribution in [1.82, 2.24) is 31.5 Å². The quantitative estimate of drug-likeness (QED) is 0.0345. The van der Waals surface area contributed by atoms with Crippen LogP contribution in [0.15, 0.2) is 0 Å². The van der Waals surface area contributed by atoms with Crippen molar-refractivity contribution in [2.45, 2.75) is 160 Å². The van der Waals surface area contributed by atoms with Gasteiger partial charge in [0.2, 0.25) is 35.4 Å². The Bertz CT molecular complexity index is 1820. The molecule has 2 aliphatic rings. The number of nitrogens with two attached hydrogens (primary N) is 2. The average molecular weight is 963 g/mol. The third kappa shape index (κ3) is 21.2. The Balaban J connectivity index is 2.00. The van der Waals surface area contributed by atoms with Crippen molar-refractivity contribution >= 4 is 70.3 Å². The Morgan fingerprint density at radius 2 is 1.46 bits per heavy atom. The van der Waals surface area contributed by atoms with E-state index in [-0.39, 0.29) is 94.8 Å². The van der Waals surface area contributed by atoms with Gasteiger partial charge in [0.25, 0.3) is 0 Å². The highest BCUT2D eigenvalue weighted by atomic mass is 16.4. The minimum absolute atomic E-state index is 0.0747. The van der Waals surface area contributed by atoms with Crippen LogP contribution in [-0.4, -0.2) is 149 Å². The van der Waals surface area contributed by atoms with Gasteiger partial charge < -0.3 is 53.2 Å². The molecule has 0 radical (unpaired) electrons. The second-order valence-electron chi connectivity index (χ2n) is 18.4. The predicted molar refractivity (Wildman–Crippen MR) is 245 cm³/mol. The van der Waals surface area contributed by atoms with Crippen LogP contribution in [0.3, 0.4) is 0 Å². The van der Waals surface area contributed by atoms with E-state index in [4.69, 9.17) is 11.5 Å². The zero-order valence-corrected chi connectivity index (χ0v) is 39.9. The average Bonchev–Trinajstić information content (AvgIpc) is 3.96. The molecule has 0 aromatic rings. The molecular formula is C46H74N8O14. The lowest BCUT2D eigenvalue weighted by Crippen LogP contribution is -2.45. The molecule has 2 aliphatic heterocycles. The Kier molecular flexibility index (Phi) is 26.0. The molecule has 0 unspecified atom stereocenters. The fraction of sp³-hybridized carbons (Fsp3) is 0.739. The molecule has 2 saturated heterocycles. The molecule has 6 amide bonds. The van der Waals surface area contributed by atoms with Crippen molar-refractivity contribution < 1.29 is 67.7 Å². The van der Waals surface area contributed by atoms with Crippen molar-refractivity contribution in [2.75, 3.05) is 33.2 Å². The van der Waals surface area contributed by atoms with Crippen molar-refractivity contribution in [3.05, 3.63) is 0 Å².